The van der Waals surface area contributed by atoms with E-state index in [1.807, 2.05) is 0 Å². The molecule has 2 rings (SSSR count). The molecular weight excluding hydrogens is 393 g/mol. The maximum absolute atomic E-state index is 11.7. The van der Waals surface area contributed by atoms with E-state index < -0.39 is 0 Å². The molecule has 6 heteroatoms. The molecule has 0 radical (unpaired) electrons. The molecular formula is C16H30IN3O2. The van der Waals surface area contributed by atoms with Crippen molar-refractivity contribution in [2.75, 3.05) is 13.1 Å². The molecule has 2 unspecified atom stereocenters. The van der Waals surface area contributed by atoms with E-state index >= 15 is 0 Å². The van der Waals surface area contributed by atoms with Crippen LogP contribution in [0.2, 0.25) is 0 Å². The van der Waals surface area contributed by atoms with Crippen LogP contribution in [0.4, 0.5) is 0 Å². The third-order valence-corrected chi connectivity index (χ3v) is 4.19. The molecule has 5 nitrogen and oxygen atoms in total. The van der Waals surface area contributed by atoms with Gasteiger partial charge in [-0.15, -0.1) is 24.0 Å². The van der Waals surface area contributed by atoms with Crippen molar-refractivity contribution in [2.24, 2.45) is 10.9 Å². The largest absolute Gasteiger partial charge is 0.462 e. The number of ether oxygens (including phenoxy) is 1. The molecule has 2 fully saturated rings. The second kappa shape index (κ2) is 10.3. The van der Waals surface area contributed by atoms with Crippen molar-refractivity contribution in [2.45, 2.75) is 70.9 Å². The summed E-state index contributed by atoms with van der Waals surface area (Å²) in [5.41, 5.74) is 0. The normalized spacial score (nSPS) is 24.5. The standard InChI is InChI=1S/C16H29N3O2.HI/c1-3-17-16(19-14-11-12(14)2)18-10-6-9-15(20)21-13-7-4-5-8-13;/h12-14H,3-11H2,1-2H3,(H2,17,18,19);1H. The Bertz CT molecular complexity index is 370. The second-order valence-electron chi connectivity index (χ2n) is 6.22. The lowest BCUT2D eigenvalue weighted by Crippen LogP contribution is -2.39. The van der Waals surface area contributed by atoms with Gasteiger partial charge in [-0.1, -0.05) is 6.92 Å². The fourth-order valence-electron chi connectivity index (χ4n) is 2.68. The van der Waals surface area contributed by atoms with Crippen molar-refractivity contribution in [3.63, 3.8) is 0 Å². The summed E-state index contributed by atoms with van der Waals surface area (Å²) in [7, 11) is 0. The van der Waals surface area contributed by atoms with Crippen LogP contribution in [0.25, 0.3) is 0 Å². The predicted octanol–water partition coefficient (Wildman–Crippen LogP) is 2.83. The number of halogens is 1. The van der Waals surface area contributed by atoms with Crippen molar-refractivity contribution in [1.29, 1.82) is 0 Å². The lowest BCUT2D eigenvalue weighted by atomic mass is 10.3. The second-order valence-corrected chi connectivity index (χ2v) is 6.22. The van der Waals surface area contributed by atoms with Gasteiger partial charge in [-0.2, -0.15) is 0 Å². The predicted molar refractivity (Wildman–Crippen MR) is 99.7 cm³/mol. The van der Waals surface area contributed by atoms with Gasteiger partial charge >= 0.3 is 5.97 Å². The van der Waals surface area contributed by atoms with Gasteiger partial charge in [0, 0.05) is 25.6 Å². The molecule has 0 bridgehead atoms. The average molecular weight is 423 g/mol. The third-order valence-electron chi connectivity index (χ3n) is 4.19. The monoisotopic (exact) mass is 423 g/mol. The maximum Gasteiger partial charge on any atom is 0.306 e. The fourth-order valence-corrected chi connectivity index (χ4v) is 2.68. The molecule has 128 valence electrons. The molecule has 2 N–H and O–H groups in total. The first-order valence-electron chi connectivity index (χ1n) is 8.43. The van der Waals surface area contributed by atoms with Crippen LogP contribution >= 0.6 is 24.0 Å². The average Bonchev–Trinajstić information content (AvgIpc) is 2.91. The van der Waals surface area contributed by atoms with E-state index in [-0.39, 0.29) is 36.0 Å². The maximum atomic E-state index is 11.7. The molecule has 0 amide bonds. The van der Waals surface area contributed by atoms with E-state index in [2.05, 4.69) is 29.5 Å². The summed E-state index contributed by atoms with van der Waals surface area (Å²) in [6.07, 6.45) is 7.09. The van der Waals surface area contributed by atoms with Crippen molar-refractivity contribution >= 4 is 35.9 Å². The Morgan fingerprint density at radius 3 is 2.59 bits per heavy atom. The number of hydrogen-bond acceptors (Lipinski definition) is 3. The molecule has 2 aliphatic rings. The van der Waals surface area contributed by atoms with Gasteiger partial charge in [0.1, 0.15) is 6.10 Å². The summed E-state index contributed by atoms with van der Waals surface area (Å²) in [4.78, 5) is 16.2. The Hall–Kier alpha value is -0.530. The molecule has 0 aromatic rings. The highest BCUT2D eigenvalue weighted by molar-refractivity contribution is 14.0. The van der Waals surface area contributed by atoms with Crippen LogP contribution in [-0.4, -0.2) is 37.2 Å². The van der Waals surface area contributed by atoms with Gasteiger partial charge in [-0.25, -0.2) is 0 Å². The molecule has 22 heavy (non-hydrogen) atoms. The van der Waals surface area contributed by atoms with Gasteiger partial charge < -0.3 is 15.4 Å². The molecule has 0 heterocycles. The number of hydrogen-bond donors (Lipinski definition) is 2. The first kappa shape index (κ1) is 19.5. The van der Waals surface area contributed by atoms with Crippen LogP contribution < -0.4 is 10.6 Å². The summed E-state index contributed by atoms with van der Waals surface area (Å²) in [5.74, 6) is 1.55. The zero-order valence-corrected chi connectivity index (χ0v) is 16.1. The van der Waals surface area contributed by atoms with Crippen molar-refractivity contribution in [3.8, 4) is 0 Å². The van der Waals surface area contributed by atoms with Crippen molar-refractivity contribution in [3.05, 3.63) is 0 Å². The minimum absolute atomic E-state index is 0. The zero-order valence-electron chi connectivity index (χ0n) is 13.8. The summed E-state index contributed by atoms with van der Waals surface area (Å²) >= 11 is 0. The molecule has 0 spiro atoms. The van der Waals surface area contributed by atoms with E-state index in [0.29, 0.717) is 19.0 Å². The summed E-state index contributed by atoms with van der Waals surface area (Å²) < 4.78 is 5.44. The van der Waals surface area contributed by atoms with E-state index in [1.54, 1.807) is 0 Å². The molecule has 2 atom stereocenters. The fraction of sp³-hybridized carbons (Fsp3) is 0.875. The molecule has 0 aromatic heterocycles. The van der Waals surface area contributed by atoms with Gasteiger partial charge in [0.15, 0.2) is 5.96 Å². The number of carbonyl (C=O) groups excluding carboxylic acids is 1. The first-order valence-corrected chi connectivity index (χ1v) is 8.43. The smallest absolute Gasteiger partial charge is 0.306 e. The highest BCUT2D eigenvalue weighted by Gasteiger charge is 2.33. The minimum atomic E-state index is -0.0640. The Morgan fingerprint density at radius 1 is 1.32 bits per heavy atom. The van der Waals surface area contributed by atoms with Gasteiger partial charge in [0.2, 0.25) is 0 Å². The summed E-state index contributed by atoms with van der Waals surface area (Å²) in [5, 5.41) is 6.66. The number of nitrogens with zero attached hydrogens (tertiary/aromatic N) is 1. The number of nitrogens with one attached hydrogen (secondary N) is 2. The van der Waals surface area contributed by atoms with Crippen LogP contribution in [-0.2, 0) is 9.53 Å². The molecule has 2 saturated carbocycles. The van der Waals surface area contributed by atoms with Gasteiger partial charge in [-0.3, -0.25) is 9.79 Å². The SMILES string of the molecule is CCNC(=NCCCC(=O)OC1CCCC1)NC1CC1C.I. The van der Waals surface area contributed by atoms with Crippen LogP contribution in [0.3, 0.4) is 0 Å². The third kappa shape index (κ3) is 7.15. The highest BCUT2D eigenvalue weighted by atomic mass is 127. The summed E-state index contributed by atoms with van der Waals surface area (Å²) in [6.45, 7) is 5.82. The Kier molecular flexibility index (Phi) is 9.12. The molecule has 0 aromatic carbocycles. The first-order chi connectivity index (χ1) is 10.2. The van der Waals surface area contributed by atoms with Gasteiger partial charge in [0.25, 0.3) is 0 Å². The van der Waals surface area contributed by atoms with Crippen LogP contribution in [0.15, 0.2) is 4.99 Å². The van der Waals surface area contributed by atoms with Crippen LogP contribution in [0, 0.1) is 5.92 Å². The van der Waals surface area contributed by atoms with Crippen LogP contribution in [0.5, 0.6) is 0 Å². The number of rotatable bonds is 7. The van der Waals surface area contributed by atoms with E-state index in [1.165, 1.54) is 19.3 Å². The van der Waals surface area contributed by atoms with E-state index in [9.17, 15) is 4.79 Å². The molecule has 0 aliphatic heterocycles. The Balaban J connectivity index is 0.00000242. The van der Waals surface area contributed by atoms with E-state index in [0.717, 1.165) is 37.7 Å². The molecule has 0 saturated heterocycles. The number of aliphatic imine (C=N–C) groups is 1. The minimum Gasteiger partial charge on any atom is -0.462 e. The van der Waals surface area contributed by atoms with Crippen molar-refractivity contribution in [1.82, 2.24) is 10.6 Å². The quantitative estimate of drug-likeness (QED) is 0.217. The lowest BCUT2D eigenvalue weighted by Gasteiger charge is -2.12. The number of esters is 1. The zero-order chi connectivity index (χ0) is 15.1. The number of guanidine groups is 1. The van der Waals surface area contributed by atoms with Crippen LogP contribution in [0.1, 0.15) is 58.8 Å². The lowest BCUT2D eigenvalue weighted by molar-refractivity contribution is -0.148. The molecule has 2 aliphatic carbocycles. The Morgan fingerprint density at radius 2 is 2.00 bits per heavy atom. The van der Waals surface area contributed by atoms with E-state index in [4.69, 9.17) is 4.74 Å². The summed E-state index contributed by atoms with van der Waals surface area (Å²) in [6, 6.07) is 0.565. The van der Waals surface area contributed by atoms with Crippen molar-refractivity contribution < 1.29 is 9.53 Å². The van der Waals surface area contributed by atoms with Gasteiger partial charge in [0.05, 0.1) is 0 Å². The Labute approximate surface area is 151 Å². The highest BCUT2D eigenvalue weighted by Crippen LogP contribution is 2.28. The van der Waals surface area contributed by atoms with Gasteiger partial charge in [-0.05, 0) is 51.4 Å². The topological polar surface area (TPSA) is 62.7 Å². The number of carbonyl (C=O) groups is 1.